The number of thioether (sulfide) groups is 1. The van der Waals surface area contributed by atoms with E-state index in [-0.39, 0.29) is 16.8 Å². The number of ketones is 2. The maximum absolute atomic E-state index is 12.7. The van der Waals surface area contributed by atoms with Crippen molar-refractivity contribution < 1.29 is 14.4 Å². The molecule has 0 aliphatic heterocycles. The lowest BCUT2D eigenvalue weighted by molar-refractivity contribution is 0.0790. The summed E-state index contributed by atoms with van der Waals surface area (Å²) in [4.78, 5) is 45.6. The van der Waals surface area contributed by atoms with Gasteiger partial charge in [-0.3, -0.25) is 24.7 Å². The summed E-state index contributed by atoms with van der Waals surface area (Å²) in [6.07, 6.45) is 2.50. The predicted molar refractivity (Wildman–Crippen MR) is 94.0 cm³/mol. The molecule has 2 aromatic heterocycles. The zero-order chi connectivity index (χ0) is 17.1. The topological polar surface area (TPSA) is 89.0 Å². The Kier molecular flexibility index (Phi) is 5.06. The fourth-order valence-electron chi connectivity index (χ4n) is 2.53. The average Bonchev–Trinajstić information content (AvgIpc) is 2.99. The highest BCUT2D eigenvalue weighted by atomic mass is 32.2. The molecule has 1 aliphatic rings. The molecule has 2 aromatic rings. The van der Waals surface area contributed by atoms with E-state index in [1.165, 1.54) is 6.20 Å². The van der Waals surface area contributed by atoms with Crippen LogP contribution in [0.1, 0.15) is 39.2 Å². The average molecular weight is 361 g/mol. The number of hydrogen-bond donors (Lipinski definition) is 1. The number of Topliss-reactive ketones (excluding diaryl/α,β-unsaturated/α-hetero) is 2. The number of fused-ring (bicyclic) bond motifs is 1. The summed E-state index contributed by atoms with van der Waals surface area (Å²) in [7, 11) is 0. The molecule has 0 spiro atoms. The van der Waals surface area contributed by atoms with Crippen LogP contribution < -0.4 is 5.32 Å². The van der Waals surface area contributed by atoms with Gasteiger partial charge >= 0.3 is 0 Å². The van der Waals surface area contributed by atoms with E-state index in [2.05, 4.69) is 15.3 Å². The second-order valence-corrected chi connectivity index (χ2v) is 7.41. The molecule has 0 saturated heterocycles. The third-order valence-corrected chi connectivity index (χ3v) is 5.31. The van der Waals surface area contributed by atoms with E-state index in [1.54, 1.807) is 18.2 Å². The number of thiazole rings is 1. The molecule has 1 amide bonds. The molecule has 124 valence electrons. The summed E-state index contributed by atoms with van der Waals surface area (Å²) in [6.45, 7) is 1.88. The minimum absolute atomic E-state index is 0.197. The van der Waals surface area contributed by atoms with E-state index < -0.39 is 5.92 Å². The molecule has 2 heterocycles. The van der Waals surface area contributed by atoms with Crippen LogP contribution in [0.25, 0.3) is 0 Å². The highest BCUT2D eigenvalue weighted by Crippen LogP contribution is 2.34. The zero-order valence-corrected chi connectivity index (χ0v) is 14.6. The second-order valence-electron chi connectivity index (χ2n) is 5.18. The molecular weight excluding hydrogens is 346 g/mol. The van der Waals surface area contributed by atoms with Crippen LogP contribution in [0, 0.1) is 5.92 Å². The molecule has 1 aliphatic carbocycles. The first kappa shape index (κ1) is 16.8. The summed E-state index contributed by atoms with van der Waals surface area (Å²) in [6, 6.07) is 5.07. The van der Waals surface area contributed by atoms with Crippen molar-refractivity contribution in [3.05, 3.63) is 40.7 Å². The van der Waals surface area contributed by atoms with E-state index in [1.807, 2.05) is 6.92 Å². The number of carbonyl (C=O) groups is 3. The second kappa shape index (κ2) is 7.23. The van der Waals surface area contributed by atoms with E-state index in [0.29, 0.717) is 40.0 Å². The number of nitrogens with one attached hydrogen (secondary N) is 1. The first-order valence-corrected chi connectivity index (χ1v) is 9.33. The number of nitrogens with zero attached hydrogens (tertiary/aromatic N) is 2. The molecule has 24 heavy (non-hydrogen) atoms. The Labute approximate surface area is 147 Å². The Hall–Kier alpha value is -2.06. The minimum atomic E-state index is -0.721. The van der Waals surface area contributed by atoms with Gasteiger partial charge in [-0.05, 0) is 30.7 Å². The molecule has 3 rings (SSSR count). The number of hydrogen-bond acceptors (Lipinski definition) is 7. The Morgan fingerprint density at radius 3 is 2.96 bits per heavy atom. The number of pyridine rings is 1. The van der Waals surface area contributed by atoms with Gasteiger partial charge in [0.25, 0.3) is 5.24 Å². The monoisotopic (exact) mass is 361 g/mol. The first-order chi connectivity index (χ1) is 11.6. The van der Waals surface area contributed by atoms with E-state index in [4.69, 9.17) is 0 Å². The lowest BCUT2D eigenvalue weighted by atomic mass is 9.85. The van der Waals surface area contributed by atoms with Crippen molar-refractivity contribution >= 4 is 45.0 Å². The van der Waals surface area contributed by atoms with Gasteiger partial charge in [0.2, 0.25) is 0 Å². The third-order valence-electron chi connectivity index (χ3n) is 3.63. The van der Waals surface area contributed by atoms with Gasteiger partial charge in [0.05, 0.1) is 16.5 Å². The van der Waals surface area contributed by atoms with Gasteiger partial charge in [0.15, 0.2) is 16.7 Å². The van der Waals surface area contributed by atoms with E-state index in [0.717, 1.165) is 23.1 Å². The number of anilines is 1. The van der Waals surface area contributed by atoms with Gasteiger partial charge in [0.1, 0.15) is 5.69 Å². The largest absolute Gasteiger partial charge is 0.293 e. The maximum atomic E-state index is 12.7. The van der Waals surface area contributed by atoms with Crippen LogP contribution in [0.3, 0.4) is 0 Å². The summed E-state index contributed by atoms with van der Waals surface area (Å²) in [5, 5.41) is 2.89. The van der Waals surface area contributed by atoms with Crippen LogP contribution >= 0.6 is 23.1 Å². The van der Waals surface area contributed by atoms with Gasteiger partial charge in [-0.25, -0.2) is 4.98 Å². The molecule has 8 heteroatoms. The molecule has 0 fully saturated rings. The van der Waals surface area contributed by atoms with Crippen LogP contribution in [0.2, 0.25) is 0 Å². The summed E-state index contributed by atoms with van der Waals surface area (Å²) >= 11 is 2.28. The number of aromatic nitrogens is 2. The van der Waals surface area contributed by atoms with Gasteiger partial charge in [-0.1, -0.05) is 36.1 Å². The molecule has 6 nitrogen and oxygen atoms in total. The van der Waals surface area contributed by atoms with Crippen molar-refractivity contribution in [3.8, 4) is 0 Å². The van der Waals surface area contributed by atoms with Gasteiger partial charge in [0, 0.05) is 6.20 Å². The van der Waals surface area contributed by atoms with Crippen LogP contribution in [0.5, 0.6) is 0 Å². The van der Waals surface area contributed by atoms with E-state index >= 15 is 0 Å². The zero-order valence-electron chi connectivity index (χ0n) is 12.9. The molecule has 1 N–H and O–H groups in total. The fourth-order valence-corrected chi connectivity index (χ4v) is 4.03. The van der Waals surface area contributed by atoms with Gasteiger partial charge in [-0.15, -0.1) is 0 Å². The Bertz CT molecular complexity index is 789. The first-order valence-electron chi connectivity index (χ1n) is 7.53. The maximum Gasteiger partial charge on any atom is 0.285 e. The molecular formula is C16H15N3O3S2. The van der Waals surface area contributed by atoms with Crippen molar-refractivity contribution in [2.45, 2.75) is 19.8 Å². The number of rotatable bonds is 4. The van der Waals surface area contributed by atoms with Crippen LogP contribution in [-0.2, 0) is 6.42 Å². The lowest BCUT2D eigenvalue weighted by Gasteiger charge is -2.18. The molecule has 1 unspecified atom stereocenters. The normalized spacial score (nSPS) is 16.5. The van der Waals surface area contributed by atoms with Crippen LogP contribution in [0.4, 0.5) is 9.93 Å². The molecule has 0 bridgehead atoms. The lowest BCUT2D eigenvalue weighted by Crippen LogP contribution is -2.29. The quantitative estimate of drug-likeness (QED) is 0.663. The molecule has 1 atom stereocenters. The standard InChI is InChI=1S/C16H15N3O3S2/c1-2-23-16(22)19-15-18-11-7-6-9(13(21)14(11)24-15)12(20)10-5-3-4-8-17-10/h3-5,8-9H,2,6-7H2,1H3,(H,18,19,22). The van der Waals surface area contributed by atoms with Crippen LogP contribution in [-0.4, -0.2) is 32.5 Å². The molecule has 0 aromatic carbocycles. The SMILES string of the molecule is CCSC(=O)Nc1nc2c(s1)C(=O)C(C(=O)c1ccccn1)CC2. The van der Waals surface area contributed by atoms with Gasteiger partial charge in [-0.2, -0.15) is 0 Å². The van der Waals surface area contributed by atoms with Crippen molar-refractivity contribution in [3.63, 3.8) is 0 Å². The summed E-state index contributed by atoms with van der Waals surface area (Å²) in [5.74, 6) is -0.544. The van der Waals surface area contributed by atoms with Crippen LogP contribution in [0.15, 0.2) is 24.4 Å². The highest BCUT2D eigenvalue weighted by molar-refractivity contribution is 8.13. The molecule has 0 saturated carbocycles. The summed E-state index contributed by atoms with van der Waals surface area (Å²) < 4.78 is 0. The number of amides is 1. The smallest absolute Gasteiger partial charge is 0.285 e. The number of aryl methyl sites for hydroxylation is 1. The highest BCUT2D eigenvalue weighted by Gasteiger charge is 2.36. The fraction of sp³-hybridized carbons (Fsp3) is 0.312. The van der Waals surface area contributed by atoms with Crippen molar-refractivity contribution in [2.24, 2.45) is 5.92 Å². The van der Waals surface area contributed by atoms with Crippen molar-refractivity contribution in [1.29, 1.82) is 0 Å². The minimum Gasteiger partial charge on any atom is -0.293 e. The number of carbonyl (C=O) groups excluding carboxylic acids is 3. The molecule has 0 radical (unpaired) electrons. The van der Waals surface area contributed by atoms with Crippen molar-refractivity contribution in [1.82, 2.24) is 9.97 Å². The predicted octanol–water partition coefficient (Wildman–Crippen LogP) is 3.45. The Morgan fingerprint density at radius 2 is 2.25 bits per heavy atom. The Balaban J connectivity index is 1.79. The Morgan fingerprint density at radius 1 is 1.42 bits per heavy atom. The van der Waals surface area contributed by atoms with Crippen molar-refractivity contribution in [2.75, 3.05) is 11.1 Å². The van der Waals surface area contributed by atoms with E-state index in [9.17, 15) is 14.4 Å². The summed E-state index contributed by atoms with van der Waals surface area (Å²) in [5.41, 5.74) is 0.962. The third kappa shape index (κ3) is 3.39. The van der Waals surface area contributed by atoms with Gasteiger partial charge < -0.3 is 0 Å².